The minimum Gasteiger partial charge on any atom is -0.196 e. The summed E-state index contributed by atoms with van der Waals surface area (Å²) in [5, 5.41) is 7.77. The summed E-state index contributed by atoms with van der Waals surface area (Å²) in [5.41, 5.74) is 0. The van der Waals surface area contributed by atoms with Gasteiger partial charge in [-0.2, -0.15) is 5.26 Å². The molecule has 0 amide bonds. The van der Waals surface area contributed by atoms with Crippen LogP contribution in [0.15, 0.2) is 0 Å². The van der Waals surface area contributed by atoms with E-state index < -0.39 is 0 Å². The highest BCUT2D eigenvalue weighted by Gasteiger charge is 1.82. The molecule has 1 nitrogen and oxygen atoms in total. The van der Waals surface area contributed by atoms with E-state index >= 15 is 0 Å². The third kappa shape index (κ3) is 4.32. The second-order valence-corrected chi connectivity index (χ2v) is 2.60. The number of nitrogens with zero attached hydrogens (tertiary/aromatic N) is 1. The molecule has 0 saturated heterocycles. The maximum atomic E-state index is 7.77. The predicted molar refractivity (Wildman–Crippen MR) is 27.3 cm³/mol. The van der Waals surface area contributed by atoms with Crippen LogP contribution in [0.1, 0.15) is 0 Å². The van der Waals surface area contributed by atoms with Crippen molar-refractivity contribution in [1.82, 2.24) is 0 Å². The minimum atomic E-state index is -0.303. The zero-order valence-electron chi connectivity index (χ0n) is 2.35. The van der Waals surface area contributed by atoms with Gasteiger partial charge >= 0.3 is 0 Å². The third-order valence-electron chi connectivity index (χ3n) is 0.107. The first-order valence-electron chi connectivity index (χ1n) is 0.989. The lowest BCUT2D eigenvalue weighted by molar-refractivity contribution is 1.48. The molecule has 0 saturated carbocycles. The van der Waals surface area contributed by atoms with Gasteiger partial charge in [-0.05, 0) is 0 Å². The van der Waals surface area contributed by atoms with Crippen molar-refractivity contribution in [3.8, 4) is 6.07 Å². The van der Waals surface area contributed by atoms with Crippen LogP contribution in [0.3, 0.4) is 0 Å². The number of rotatable bonds is 0. The van der Waals surface area contributed by atoms with Crippen molar-refractivity contribution in [2.24, 2.45) is 0 Å². The molecule has 0 aliphatic heterocycles. The molecular formula is C2H2BrNS. The summed E-state index contributed by atoms with van der Waals surface area (Å²) in [6, 6.07) is 1.81. The van der Waals surface area contributed by atoms with E-state index in [1.807, 2.05) is 6.07 Å². The highest BCUT2D eigenvalue weighted by Crippen LogP contribution is 1.98. The second kappa shape index (κ2) is 2.55. The van der Waals surface area contributed by atoms with Gasteiger partial charge in [0.15, 0.2) is 0 Å². The van der Waals surface area contributed by atoms with Crippen molar-refractivity contribution in [1.29, 1.82) is 5.26 Å². The van der Waals surface area contributed by atoms with Crippen LogP contribution in [0.25, 0.3) is 0 Å². The van der Waals surface area contributed by atoms with Crippen molar-refractivity contribution in [2.75, 3.05) is 0 Å². The summed E-state index contributed by atoms with van der Waals surface area (Å²) < 4.78 is -0.303. The van der Waals surface area contributed by atoms with Crippen LogP contribution in [0.4, 0.5) is 0 Å². The standard InChI is InChI=1S/C2H2BrNS/c3-2(5)1-4/h2,5H. The number of hydrogen-bond donors (Lipinski definition) is 1. The Kier molecular flexibility index (Phi) is 2.71. The summed E-state index contributed by atoms with van der Waals surface area (Å²) in [4.78, 5) is 0. The van der Waals surface area contributed by atoms with Crippen LogP contribution >= 0.6 is 28.6 Å². The molecule has 0 aromatic rings. The van der Waals surface area contributed by atoms with Gasteiger partial charge in [-0.25, -0.2) is 0 Å². The molecule has 0 bridgehead atoms. The third-order valence-corrected chi connectivity index (χ3v) is 0.427. The molecule has 3 heteroatoms. The molecule has 0 spiro atoms. The Balaban J connectivity index is 2.94. The molecule has 0 fully saturated rings. The average molecular weight is 152 g/mol. The van der Waals surface area contributed by atoms with Gasteiger partial charge in [-0.3, -0.25) is 0 Å². The first-order chi connectivity index (χ1) is 2.27. The molecule has 28 valence electrons. The lowest BCUT2D eigenvalue weighted by Gasteiger charge is -1.72. The minimum absolute atomic E-state index is 0.303. The zero-order chi connectivity index (χ0) is 4.28. The smallest absolute Gasteiger partial charge is 0.144 e. The predicted octanol–water partition coefficient (Wildman–Crippen LogP) is 1.16. The fourth-order valence-electron chi connectivity index (χ4n) is 0. The zero-order valence-corrected chi connectivity index (χ0v) is 4.83. The van der Waals surface area contributed by atoms with Crippen molar-refractivity contribution >= 4 is 28.6 Å². The molecule has 0 heterocycles. The van der Waals surface area contributed by atoms with Gasteiger partial charge in [0.25, 0.3) is 0 Å². The Morgan fingerprint density at radius 3 is 2.20 bits per heavy atom. The maximum absolute atomic E-state index is 7.77. The quantitative estimate of drug-likeness (QED) is 0.408. The Bertz CT molecular complexity index is 55.2. The summed E-state index contributed by atoms with van der Waals surface area (Å²) in [6.07, 6.45) is 0. The van der Waals surface area contributed by atoms with Gasteiger partial charge < -0.3 is 0 Å². The van der Waals surface area contributed by atoms with Gasteiger partial charge in [0, 0.05) is 0 Å². The van der Waals surface area contributed by atoms with E-state index in [1.54, 1.807) is 0 Å². The van der Waals surface area contributed by atoms with Gasteiger partial charge in [0.2, 0.25) is 0 Å². The van der Waals surface area contributed by atoms with Crippen molar-refractivity contribution in [2.45, 2.75) is 4.16 Å². The Labute approximate surface area is 44.5 Å². The number of hydrogen-bond acceptors (Lipinski definition) is 2. The van der Waals surface area contributed by atoms with E-state index in [9.17, 15) is 0 Å². The van der Waals surface area contributed by atoms with E-state index in [4.69, 9.17) is 5.26 Å². The van der Waals surface area contributed by atoms with Crippen molar-refractivity contribution in [3.05, 3.63) is 0 Å². The molecule has 0 aliphatic carbocycles. The molecule has 0 aliphatic rings. The molecule has 0 N–H and O–H groups in total. The number of alkyl halides is 1. The lowest BCUT2D eigenvalue weighted by Crippen LogP contribution is -1.69. The molecular weight excluding hydrogens is 150 g/mol. The summed E-state index contributed by atoms with van der Waals surface area (Å²) in [6.45, 7) is 0. The molecule has 1 atom stereocenters. The highest BCUT2D eigenvalue weighted by molar-refractivity contribution is 9.11. The molecule has 0 rings (SSSR count). The fraction of sp³-hybridized carbons (Fsp3) is 0.500. The van der Waals surface area contributed by atoms with Gasteiger partial charge in [0.1, 0.15) is 4.16 Å². The lowest BCUT2D eigenvalue weighted by atomic mass is 10.9. The molecule has 0 aromatic carbocycles. The van der Waals surface area contributed by atoms with E-state index in [1.165, 1.54) is 0 Å². The van der Waals surface area contributed by atoms with Crippen LogP contribution < -0.4 is 0 Å². The first kappa shape index (κ1) is 5.32. The van der Waals surface area contributed by atoms with E-state index in [-0.39, 0.29) is 4.16 Å². The highest BCUT2D eigenvalue weighted by atomic mass is 79.9. The average Bonchev–Trinajstić information content (AvgIpc) is 1.38. The normalized spacial score (nSPS) is 13.0. The summed E-state index contributed by atoms with van der Waals surface area (Å²) in [7, 11) is 0. The Morgan fingerprint density at radius 1 is 2.00 bits per heavy atom. The summed E-state index contributed by atoms with van der Waals surface area (Å²) >= 11 is 6.53. The van der Waals surface area contributed by atoms with Crippen molar-refractivity contribution < 1.29 is 0 Å². The summed E-state index contributed by atoms with van der Waals surface area (Å²) in [5.74, 6) is 0. The molecule has 0 aromatic heterocycles. The number of halogens is 1. The van der Waals surface area contributed by atoms with Crippen LogP contribution in [0.2, 0.25) is 0 Å². The van der Waals surface area contributed by atoms with Crippen LogP contribution in [0.5, 0.6) is 0 Å². The monoisotopic (exact) mass is 151 g/mol. The maximum Gasteiger partial charge on any atom is 0.144 e. The Morgan fingerprint density at radius 2 is 2.20 bits per heavy atom. The van der Waals surface area contributed by atoms with Crippen LogP contribution in [0, 0.1) is 11.3 Å². The second-order valence-electron chi connectivity index (χ2n) is 0.465. The van der Waals surface area contributed by atoms with Gasteiger partial charge in [-0.1, -0.05) is 15.9 Å². The van der Waals surface area contributed by atoms with Crippen molar-refractivity contribution in [3.63, 3.8) is 0 Å². The van der Waals surface area contributed by atoms with Crippen LogP contribution in [-0.4, -0.2) is 4.16 Å². The van der Waals surface area contributed by atoms with E-state index in [0.29, 0.717) is 0 Å². The largest absolute Gasteiger partial charge is 0.196 e. The number of nitriles is 1. The number of thiol groups is 1. The van der Waals surface area contributed by atoms with E-state index in [2.05, 4.69) is 28.6 Å². The topological polar surface area (TPSA) is 23.8 Å². The van der Waals surface area contributed by atoms with Gasteiger partial charge in [-0.15, -0.1) is 12.6 Å². The van der Waals surface area contributed by atoms with Crippen LogP contribution in [-0.2, 0) is 0 Å². The molecule has 0 radical (unpaired) electrons. The Hall–Kier alpha value is 0.320. The van der Waals surface area contributed by atoms with E-state index in [0.717, 1.165) is 0 Å². The SMILES string of the molecule is N#CC(S)Br. The van der Waals surface area contributed by atoms with Gasteiger partial charge in [0.05, 0.1) is 6.07 Å². The molecule has 1 unspecified atom stereocenters. The first-order valence-corrected chi connectivity index (χ1v) is 2.42. The fourth-order valence-corrected chi connectivity index (χ4v) is 0. The molecule has 5 heavy (non-hydrogen) atoms.